The minimum absolute atomic E-state index is 0. The van der Waals surface area contributed by atoms with Crippen molar-refractivity contribution in [1.82, 2.24) is 5.32 Å². The highest BCUT2D eigenvalue weighted by Crippen LogP contribution is 1.59. The molecule has 0 spiro atoms. The third-order valence-electron chi connectivity index (χ3n) is 0.269. The largest absolute Gasteiger partial charge is 0.412 e. The van der Waals surface area contributed by atoms with E-state index >= 15 is 0 Å². The molecule has 0 unspecified atom stereocenters. The predicted octanol–water partition coefficient (Wildman–Crippen LogP) is -3.11. The summed E-state index contributed by atoms with van der Waals surface area (Å²) in [4.78, 5) is 0. The molecule has 0 rings (SSSR count). The first-order valence-corrected chi connectivity index (χ1v) is 3.67. The second-order valence-electron chi connectivity index (χ2n) is 1.40. The standard InChI is InChI=1S/C2H7N5.H2O4S.H2O/c3-1(4)7-2(5)6;1-5(2,3)4;/h(H7,3,4,5,6,7);(H2,1,2,3,4);1H2. The molecule has 0 aromatic carbocycles. The fourth-order valence-electron chi connectivity index (χ4n) is 0.145. The van der Waals surface area contributed by atoms with Crippen molar-refractivity contribution < 1.29 is 23.0 Å². The number of guanidine groups is 2. The zero-order chi connectivity index (χ0) is 10.4. The average Bonchev–Trinajstić information content (AvgIpc) is 1.52. The van der Waals surface area contributed by atoms with Gasteiger partial charge in [0.1, 0.15) is 0 Å². The van der Waals surface area contributed by atoms with Crippen LogP contribution in [0.5, 0.6) is 0 Å². The van der Waals surface area contributed by atoms with E-state index < -0.39 is 10.4 Å². The molecule has 0 saturated heterocycles. The van der Waals surface area contributed by atoms with Crippen molar-refractivity contribution in [1.29, 1.82) is 10.8 Å². The highest BCUT2D eigenvalue weighted by atomic mass is 32.3. The maximum Gasteiger partial charge on any atom is 0.394 e. The Morgan fingerprint density at radius 1 is 1.15 bits per heavy atom. The molecule has 0 fully saturated rings. The molecule has 0 aliphatic heterocycles. The Labute approximate surface area is 73.8 Å². The van der Waals surface area contributed by atoms with Crippen LogP contribution in [0.15, 0.2) is 0 Å². The smallest absolute Gasteiger partial charge is 0.394 e. The van der Waals surface area contributed by atoms with Gasteiger partial charge in [-0.25, -0.2) is 0 Å². The summed E-state index contributed by atoms with van der Waals surface area (Å²) >= 11 is 0. The molecule has 0 bridgehead atoms. The van der Waals surface area contributed by atoms with Crippen LogP contribution in [-0.2, 0) is 10.4 Å². The zero-order valence-electron chi connectivity index (χ0n) is 6.27. The van der Waals surface area contributed by atoms with Crippen LogP contribution in [0.2, 0.25) is 0 Å². The molecule has 0 aromatic heterocycles. The van der Waals surface area contributed by atoms with Gasteiger partial charge >= 0.3 is 10.4 Å². The van der Waals surface area contributed by atoms with E-state index in [0.29, 0.717) is 0 Å². The molecule has 0 radical (unpaired) electrons. The molecule has 0 saturated carbocycles. The Morgan fingerprint density at radius 3 is 1.31 bits per heavy atom. The second-order valence-corrected chi connectivity index (χ2v) is 2.30. The van der Waals surface area contributed by atoms with E-state index in [1.54, 1.807) is 0 Å². The molecule has 0 aliphatic carbocycles. The van der Waals surface area contributed by atoms with Gasteiger partial charge in [0.2, 0.25) is 0 Å². The van der Waals surface area contributed by atoms with Gasteiger partial charge in [-0.05, 0) is 0 Å². The SMILES string of the molecule is N=C(N)NC(=N)N.O.O=S(=O)(O)O. The van der Waals surface area contributed by atoms with Crippen LogP contribution >= 0.6 is 0 Å². The Hall–Kier alpha value is -1.43. The summed E-state index contributed by atoms with van der Waals surface area (Å²) in [5.74, 6) is -0.625. The summed E-state index contributed by atoms with van der Waals surface area (Å²) in [5, 5.41) is 15.0. The number of hydrogen-bond donors (Lipinski definition) is 7. The fraction of sp³-hybridized carbons (Fsp3) is 0. The molecule has 80 valence electrons. The minimum Gasteiger partial charge on any atom is -0.412 e. The van der Waals surface area contributed by atoms with Crippen molar-refractivity contribution >= 4 is 22.3 Å². The summed E-state index contributed by atoms with van der Waals surface area (Å²) in [6.07, 6.45) is 0. The van der Waals surface area contributed by atoms with Gasteiger partial charge in [0.15, 0.2) is 11.9 Å². The van der Waals surface area contributed by atoms with Crippen molar-refractivity contribution in [2.45, 2.75) is 0 Å². The van der Waals surface area contributed by atoms with E-state index in [9.17, 15) is 0 Å². The lowest BCUT2D eigenvalue weighted by atomic mass is 10.9. The van der Waals surface area contributed by atoms with Gasteiger partial charge in [0.25, 0.3) is 0 Å². The van der Waals surface area contributed by atoms with Gasteiger partial charge in [-0.1, -0.05) is 0 Å². The van der Waals surface area contributed by atoms with Crippen LogP contribution in [0.3, 0.4) is 0 Å². The zero-order valence-corrected chi connectivity index (χ0v) is 7.09. The van der Waals surface area contributed by atoms with E-state index in [2.05, 4.69) is 0 Å². The minimum atomic E-state index is -4.67. The van der Waals surface area contributed by atoms with E-state index in [0.717, 1.165) is 0 Å². The molecule has 0 atom stereocenters. The summed E-state index contributed by atoms with van der Waals surface area (Å²) in [6.45, 7) is 0. The first-order valence-electron chi connectivity index (χ1n) is 2.28. The molecule has 0 amide bonds. The van der Waals surface area contributed by atoms with Crippen LogP contribution in [0.4, 0.5) is 0 Å². The number of nitrogens with one attached hydrogen (secondary N) is 3. The molecule has 11 N–H and O–H groups in total. The van der Waals surface area contributed by atoms with Gasteiger partial charge in [-0.3, -0.25) is 25.2 Å². The normalized spacial score (nSPS) is 8.46. The molecule has 13 heavy (non-hydrogen) atoms. The lowest BCUT2D eigenvalue weighted by molar-refractivity contribution is 0.381. The Morgan fingerprint density at radius 2 is 1.31 bits per heavy atom. The highest BCUT2D eigenvalue weighted by Gasteiger charge is 1.84. The molecular weight excluding hydrogens is 206 g/mol. The number of rotatable bonds is 0. The molecule has 11 heteroatoms. The van der Waals surface area contributed by atoms with E-state index in [-0.39, 0.29) is 17.4 Å². The molecule has 10 nitrogen and oxygen atoms in total. The first kappa shape index (κ1) is 17.6. The van der Waals surface area contributed by atoms with Crippen molar-refractivity contribution in [2.75, 3.05) is 0 Å². The van der Waals surface area contributed by atoms with E-state index in [1.807, 2.05) is 5.32 Å². The maximum absolute atomic E-state index is 8.74. The average molecular weight is 217 g/mol. The fourth-order valence-corrected chi connectivity index (χ4v) is 0.145. The molecule has 0 heterocycles. The second kappa shape index (κ2) is 7.23. The van der Waals surface area contributed by atoms with Crippen LogP contribution in [0, 0.1) is 10.8 Å². The lowest BCUT2D eigenvalue weighted by Gasteiger charge is -1.95. The Kier molecular flexibility index (Phi) is 9.79. The molecule has 0 aliphatic rings. The Balaban J connectivity index is -0.000000150. The third-order valence-corrected chi connectivity index (χ3v) is 0.269. The predicted molar refractivity (Wildman–Crippen MR) is 44.8 cm³/mol. The molecule has 0 aromatic rings. The van der Waals surface area contributed by atoms with Crippen LogP contribution < -0.4 is 16.8 Å². The van der Waals surface area contributed by atoms with Gasteiger partial charge in [-0.2, -0.15) is 8.42 Å². The lowest BCUT2D eigenvalue weighted by Crippen LogP contribution is -2.39. The van der Waals surface area contributed by atoms with Crippen LogP contribution in [0.1, 0.15) is 0 Å². The van der Waals surface area contributed by atoms with Gasteiger partial charge in [0, 0.05) is 0 Å². The number of hydrogen-bond acceptors (Lipinski definition) is 4. The highest BCUT2D eigenvalue weighted by molar-refractivity contribution is 7.79. The first-order chi connectivity index (χ1) is 5.13. The van der Waals surface area contributed by atoms with E-state index in [4.69, 9.17) is 39.8 Å². The van der Waals surface area contributed by atoms with Crippen molar-refractivity contribution in [3.05, 3.63) is 0 Å². The third kappa shape index (κ3) is 118. The van der Waals surface area contributed by atoms with Crippen molar-refractivity contribution in [2.24, 2.45) is 11.5 Å². The summed E-state index contributed by atoms with van der Waals surface area (Å²) < 4.78 is 31.6. The van der Waals surface area contributed by atoms with Crippen molar-refractivity contribution in [3.63, 3.8) is 0 Å². The Bertz CT molecular complexity index is 238. The van der Waals surface area contributed by atoms with E-state index in [1.165, 1.54) is 0 Å². The van der Waals surface area contributed by atoms with Gasteiger partial charge in [0.05, 0.1) is 0 Å². The maximum atomic E-state index is 8.74. The summed E-state index contributed by atoms with van der Waals surface area (Å²) in [6, 6.07) is 0. The van der Waals surface area contributed by atoms with Crippen LogP contribution in [0.25, 0.3) is 0 Å². The van der Waals surface area contributed by atoms with Gasteiger partial charge in [-0.15, -0.1) is 0 Å². The van der Waals surface area contributed by atoms with Gasteiger partial charge < -0.3 is 16.9 Å². The number of nitrogens with two attached hydrogens (primary N) is 2. The molecular formula is C2H11N5O5S. The van der Waals surface area contributed by atoms with Crippen molar-refractivity contribution in [3.8, 4) is 0 Å². The monoisotopic (exact) mass is 217 g/mol. The quantitative estimate of drug-likeness (QED) is 0.125. The summed E-state index contributed by atoms with van der Waals surface area (Å²) in [5.41, 5.74) is 9.49. The van der Waals surface area contributed by atoms with Crippen LogP contribution in [-0.4, -0.2) is 34.9 Å². The summed E-state index contributed by atoms with van der Waals surface area (Å²) in [7, 11) is -4.67. The topological polar surface area (TPSA) is 218 Å².